The van der Waals surface area contributed by atoms with Gasteiger partial charge in [0.25, 0.3) is 12.0 Å². The number of nitrogens with zero attached hydrogens (tertiary/aromatic N) is 5. The van der Waals surface area contributed by atoms with Gasteiger partial charge in [-0.15, -0.1) is 0 Å². The molecule has 1 atom stereocenters. The zero-order valence-corrected chi connectivity index (χ0v) is 25.7. The van der Waals surface area contributed by atoms with E-state index in [2.05, 4.69) is 10.1 Å². The van der Waals surface area contributed by atoms with Crippen LogP contribution in [0.15, 0.2) is 34.2 Å². The van der Waals surface area contributed by atoms with E-state index in [1.54, 1.807) is 40.8 Å². The number of aromatic nitrogens is 2. The number of pyridine rings is 2. The van der Waals surface area contributed by atoms with Crippen LogP contribution in [0.1, 0.15) is 67.4 Å². The van der Waals surface area contributed by atoms with Gasteiger partial charge < -0.3 is 33.8 Å². The van der Waals surface area contributed by atoms with Crippen LogP contribution in [0, 0.1) is 0 Å². The first-order valence-electron chi connectivity index (χ1n) is 15.6. The molecule has 1 N–H and O–H groups in total. The van der Waals surface area contributed by atoms with Crippen molar-refractivity contribution in [3.63, 3.8) is 0 Å². The molecule has 2 saturated heterocycles. The molecule has 1 unspecified atom stereocenters. The van der Waals surface area contributed by atoms with E-state index in [1.807, 2.05) is 6.07 Å². The van der Waals surface area contributed by atoms with Gasteiger partial charge in [-0.2, -0.15) is 0 Å². The quantitative estimate of drug-likeness (QED) is 0.169. The van der Waals surface area contributed by atoms with Crippen LogP contribution in [0.25, 0.3) is 22.3 Å². The number of piperidine rings is 2. The monoisotopic (exact) mass is 617 g/mol. The Morgan fingerprint density at radius 1 is 1.13 bits per heavy atom. The van der Waals surface area contributed by atoms with E-state index in [9.17, 15) is 19.5 Å². The van der Waals surface area contributed by atoms with Gasteiger partial charge in [0.2, 0.25) is 0 Å². The standard InChI is InChI=1S/C33H39N5O7/c1-21(40)25-17-29-31-22(18-38(29)32(41)27(25)19-44-20-39)16-26-24(8-11-34-43-2)30(7-6-28(26)35-31)45-33(42)37-14-9-23(10-15-37)36-12-4-3-5-13-36/h6-7,11,16-17,20-21,23,40H,3-5,8-10,12-15,18-19H2,1-2H3/b34-11+. The number of aliphatic hydroxyl groups is 1. The lowest BCUT2D eigenvalue weighted by Crippen LogP contribution is -2.48. The summed E-state index contributed by atoms with van der Waals surface area (Å²) in [6, 6.07) is 7.77. The average molecular weight is 618 g/mol. The normalized spacial score (nSPS) is 17.7. The van der Waals surface area contributed by atoms with Crippen molar-refractivity contribution in [1.82, 2.24) is 19.4 Å². The largest absolute Gasteiger partial charge is 0.463 e. The van der Waals surface area contributed by atoms with Crippen LogP contribution in [-0.4, -0.2) is 82.6 Å². The van der Waals surface area contributed by atoms with Gasteiger partial charge in [-0.1, -0.05) is 11.6 Å². The van der Waals surface area contributed by atoms with Crippen LogP contribution < -0.4 is 10.3 Å². The molecule has 45 heavy (non-hydrogen) atoms. The van der Waals surface area contributed by atoms with Crippen molar-refractivity contribution in [2.24, 2.45) is 5.16 Å². The Balaban J connectivity index is 1.29. The number of ether oxygens (including phenoxy) is 2. The molecule has 2 fully saturated rings. The maximum absolute atomic E-state index is 13.5. The van der Waals surface area contributed by atoms with Crippen LogP contribution in [0.5, 0.6) is 5.75 Å². The lowest BCUT2D eigenvalue weighted by atomic mass is 10.00. The molecule has 12 nitrogen and oxygen atoms in total. The second-order valence-corrected chi connectivity index (χ2v) is 11.9. The number of rotatable bonds is 9. The zero-order chi connectivity index (χ0) is 31.5. The van der Waals surface area contributed by atoms with Gasteiger partial charge in [-0.25, -0.2) is 9.78 Å². The molecule has 0 radical (unpaired) electrons. The summed E-state index contributed by atoms with van der Waals surface area (Å²) < 4.78 is 12.5. The van der Waals surface area contributed by atoms with Gasteiger partial charge in [0.15, 0.2) is 0 Å². The summed E-state index contributed by atoms with van der Waals surface area (Å²) in [6.07, 6.45) is 6.30. The molecule has 0 spiro atoms. The number of carbonyl (C=O) groups is 2. The number of hydrogen-bond donors (Lipinski definition) is 1. The van der Waals surface area contributed by atoms with Gasteiger partial charge in [0.05, 0.1) is 35.1 Å². The summed E-state index contributed by atoms with van der Waals surface area (Å²) >= 11 is 0. The van der Waals surface area contributed by atoms with Crippen LogP contribution in [0.3, 0.4) is 0 Å². The first kappa shape index (κ1) is 30.7. The summed E-state index contributed by atoms with van der Waals surface area (Å²) in [5, 5.41) is 15.1. The van der Waals surface area contributed by atoms with Crippen molar-refractivity contribution in [3.05, 3.63) is 56.9 Å². The third-order valence-electron chi connectivity index (χ3n) is 9.20. The SMILES string of the molecule is CO/N=C/Cc1c(OC(=O)N2CCC(N3CCCCC3)CC2)ccc2nc3c(cc12)Cn1c-3cc(C(C)O)c(COC=O)c1=O. The highest BCUT2D eigenvalue weighted by Gasteiger charge is 2.30. The highest BCUT2D eigenvalue weighted by molar-refractivity contribution is 5.91. The summed E-state index contributed by atoms with van der Waals surface area (Å²) in [5.74, 6) is 0.423. The Hall–Kier alpha value is -4.29. The lowest BCUT2D eigenvalue weighted by molar-refractivity contribution is -0.129. The Bertz CT molecular complexity index is 1670. The highest BCUT2D eigenvalue weighted by Crippen LogP contribution is 2.37. The minimum absolute atomic E-state index is 0.226. The summed E-state index contributed by atoms with van der Waals surface area (Å²) in [5.41, 5.74) is 3.66. The number of carbonyl (C=O) groups excluding carboxylic acids is 2. The third-order valence-corrected chi connectivity index (χ3v) is 9.20. The van der Waals surface area contributed by atoms with Crippen LogP contribution in [0.2, 0.25) is 0 Å². The summed E-state index contributed by atoms with van der Waals surface area (Å²) in [7, 11) is 1.47. The van der Waals surface area contributed by atoms with Crippen LogP contribution in [-0.2, 0) is 33.9 Å². The van der Waals surface area contributed by atoms with Crippen molar-refractivity contribution >= 4 is 29.7 Å². The molecule has 3 aliphatic rings. The molecule has 0 aliphatic carbocycles. The molecule has 3 aliphatic heterocycles. The fourth-order valence-corrected chi connectivity index (χ4v) is 6.90. The number of hydrogen-bond acceptors (Lipinski definition) is 10. The minimum Gasteiger partial charge on any atom is -0.463 e. The van der Waals surface area contributed by atoms with Crippen LogP contribution in [0.4, 0.5) is 4.79 Å². The van der Waals surface area contributed by atoms with Crippen LogP contribution >= 0.6 is 0 Å². The van der Waals surface area contributed by atoms with E-state index >= 15 is 0 Å². The molecule has 5 heterocycles. The minimum atomic E-state index is -0.946. The Labute approximate surface area is 261 Å². The summed E-state index contributed by atoms with van der Waals surface area (Å²) in [4.78, 5) is 51.8. The van der Waals surface area contributed by atoms with Gasteiger partial charge in [-0.3, -0.25) is 9.59 Å². The fourth-order valence-electron chi connectivity index (χ4n) is 6.90. The molecule has 1 amide bonds. The van der Waals surface area contributed by atoms with Crippen molar-refractivity contribution in [3.8, 4) is 17.1 Å². The first-order chi connectivity index (χ1) is 21.9. The number of oxime groups is 1. The molecular weight excluding hydrogens is 578 g/mol. The number of benzene rings is 1. The second kappa shape index (κ2) is 13.4. The van der Waals surface area contributed by atoms with Gasteiger partial charge in [-0.05, 0) is 75.5 Å². The molecule has 6 rings (SSSR count). The van der Waals surface area contributed by atoms with E-state index < -0.39 is 6.10 Å². The van der Waals surface area contributed by atoms with Crippen molar-refractivity contribution in [2.45, 2.75) is 70.7 Å². The van der Waals surface area contributed by atoms with Gasteiger partial charge in [0.1, 0.15) is 19.5 Å². The zero-order valence-electron chi connectivity index (χ0n) is 25.7. The topological polar surface area (TPSA) is 136 Å². The second-order valence-electron chi connectivity index (χ2n) is 11.9. The molecule has 3 aromatic rings. The summed E-state index contributed by atoms with van der Waals surface area (Å²) in [6.45, 7) is 5.47. The molecule has 1 aromatic carbocycles. The molecule has 0 saturated carbocycles. The predicted octanol–water partition coefficient (Wildman–Crippen LogP) is 3.78. The third kappa shape index (κ3) is 6.16. The van der Waals surface area contributed by atoms with E-state index in [0.29, 0.717) is 53.8 Å². The Kier molecular flexibility index (Phi) is 9.13. The lowest BCUT2D eigenvalue weighted by Gasteiger charge is -2.39. The Morgan fingerprint density at radius 2 is 1.91 bits per heavy atom. The number of amides is 1. The number of aliphatic hydroxyl groups excluding tert-OH is 1. The highest BCUT2D eigenvalue weighted by atomic mass is 16.6. The molecule has 12 heteroatoms. The fraction of sp³-hybridized carbons (Fsp3) is 0.485. The predicted molar refractivity (Wildman–Crippen MR) is 167 cm³/mol. The van der Waals surface area contributed by atoms with Crippen molar-refractivity contribution in [1.29, 1.82) is 0 Å². The average Bonchev–Trinajstić information content (AvgIpc) is 3.42. The molecule has 0 bridgehead atoms. The van der Waals surface area contributed by atoms with Gasteiger partial charge in [0, 0.05) is 48.3 Å². The number of fused-ring (bicyclic) bond motifs is 4. The van der Waals surface area contributed by atoms with E-state index in [4.69, 9.17) is 19.3 Å². The van der Waals surface area contributed by atoms with E-state index in [0.717, 1.165) is 42.4 Å². The Morgan fingerprint density at radius 3 is 2.62 bits per heavy atom. The smallest absolute Gasteiger partial charge is 0.415 e. The molecule has 238 valence electrons. The molecule has 2 aromatic heterocycles. The van der Waals surface area contributed by atoms with Gasteiger partial charge >= 0.3 is 6.09 Å². The van der Waals surface area contributed by atoms with E-state index in [1.165, 1.54) is 26.4 Å². The van der Waals surface area contributed by atoms with Crippen molar-refractivity contribution in [2.75, 3.05) is 33.3 Å². The van der Waals surface area contributed by atoms with E-state index in [-0.39, 0.29) is 36.8 Å². The number of likely N-dealkylation sites (tertiary alicyclic amines) is 2. The maximum Gasteiger partial charge on any atom is 0.415 e. The first-order valence-corrected chi connectivity index (χ1v) is 15.6. The molecular formula is C33H39N5O7. The van der Waals surface area contributed by atoms with Crippen molar-refractivity contribution < 1.29 is 29.0 Å². The maximum atomic E-state index is 13.5.